The number of likely N-dealkylation sites (tertiary alicyclic amines) is 1. The molecular weight excluding hydrogens is 222 g/mol. The SMILES string of the molecule is CN1C(=O)CC(Nc2nnccc2C#N)C1=O. The summed E-state index contributed by atoms with van der Waals surface area (Å²) in [7, 11) is 1.42. The normalized spacial score (nSPS) is 19.3. The third kappa shape index (κ3) is 1.92. The number of anilines is 1. The minimum absolute atomic E-state index is 0.0662. The van der Waals surface area contributed by atoms with Crippen LogP contribution in [0.25, 0.3) is 0 Å². The van der Waals surface area contributed by atoms with Gasteiger partial charge >= 0.3 is 0 Å². The highest BCUT2D eigenvalue weighted by Crippen LogP contribution is 2.17. The minimum Gasteiger partial charge on any atom is -0.355 e. The summed E-state index contributed by atoms with van der Waals surface area (Å²) in [4.78, 5) is 24.0. The number of amides is 2. The van der Waals surface area contributed by atoms with Gasteiger partial charge in [0.1, 0.15) is 12.1 Å². The summed E-state index contributed by atoms with van der Waals surface area (Å²) in [6.07, 6.45) is 1.45. The molecule has 1 atom stereocenters. The van der Waals surface area contributed by atoms with Gasteiger partial charge in [0.25, 0.3) is 5.91 Å². The number of imide groups is 1. The lowest BCUT2D eigenvalue weighted by Gasteiger charge is -2.11. The second kappa shape index (κ2) is 4.17. The Hall–Kier alpha value is -2.49. The standard InChI is InChI=1S/C10H9N5O2/c1-15-8(16)4-7(10(15)17)13-9-6(5-11)2-3-12-14-9/h2-3,7H,4H2,1H3,(H,13,14). The van der Waals surface area contributed by atoms with E-state index in [1.807, 2.05) is 6.07 Å². The first-order valence-electron chi connectivity index (χ1n) is 4.92. The maximum Gasteiger partial charge on any atom is 0.251 e. The monoisotopic (exact) mass is 231 g/mol. The summed E-state index contributed by atoms with van der Waals surface area (Å²) in [5.74, 6) is -0.365. The van der Waals surface area contributed by atoms with E-state index in [-0.39, 0.29) is 29.6 Å². The molecule has 1 aromatic rings. The van der Waals surface area contributed by atoms with Crippen LogP contribution in [0.1, 0.15) is 12.0 Å². The highest BCUT2D eigenvalue weighted by molar-refractivity contribution is 6.06. The Kier molecular flexibility index (Phi) is 2.70. The zero-order valence-electron chi connectivity index (χ0n) is 9.04. The van der Waals surface area contributed by atoms with E-state index in [1.54, 1.807) is 0 Å². The Bertz CT molecular complexity index is 522. The number of carbonyl (C=O) groups excluding carboxylic acids is 2. The molecule has 1 fully saturated rings. The second-order valence-corrected chi connectivity index (χ2v) is 3.60. The molecule has 0 aromatic carbocycles. The van der Waals surface area contributed by atoms with Crippen LogP contribution in [0.3, 0.4) is 0 Å². The molecule has 0 radical (unpaired) electrons. The lowest BCUT2D eigenvalue weighted by Crippen LogP contribution is -2.32. The fourth-order valence-electron chi connectivity index (χ4n) is 1.56. The molecule has 0 saturated carbocycles. The number of nitriles is 1. The van der Waals surface area contributed by atoms with Gasteiger partial charge in [-0.3, -0.25) is 14.5 Å². The van der Waals surface area contributed by atoms with Crippen LogP contribution in [0.15, 0.2) is 12.3 Å². The molecule has 2 heterocycles. The first-order valence-corrected chi connectivity index (χ1v) is 4.92. The third-order valence-corrected chi connectivity index (χ3v) is 2.53. The van der Waals surface area contributed by atoms with Gasteiger partial charge in [-0.15, -0.1) is 5.10 Å². The van der Waals surface area contributed by atoms with Gasteiger partial charge in [-0.05, 0) is 6.07 Å². The van der Waals surface area contributed by atoms with E-state index in [0.717, 1.165) is 4.90 Å². The summed E-state index contributed by atoms with van der Waals surface area (Å²) in [6.45, 7) is 0. The van der Waals surface area contributed by atoms with Crippen LogP contribution in [0.2, 0.25) is 0 Å². The number of hydrogen-bond donors (Lipinski definition) is 1. The molecule has 0 spiro atoms. The maximum atomic E-state index is 11.6. The van der Waals surface area contributed by atoms with Crippen LogP contribution in [0.5, 0.6) is 0 Å². The highest BCUT2D eigenvalue weighted by Gasteiger charge is 2.36. The van der Waals surface area contributed by atoms with E-state index < -0.39 is 6.04 Å². The maximum absolute atomic E-state index is 11.6. The number of rotatable bonds is 2. The molecule has 0 aliphatic carbocycles. The van der Waals surface area contributed by atoms with Crippen LogP contribution >= 0.6 is 0 Å². The topological polar surface area (TPSA) is 99.0 Å². The molecule has 1 aromatic heterocycles. The first kappa shape index (κ1) is 11.0. The van der Waals surface area contributed by atoms with E-state index in [9.17, 15) is 9.59 Å². The second-order valence-electron chi connectivity index (χ2n) is 3.60. The summed E-state index contributed by atoms with van der Waals surface area (Å²) < 4.78 is 0. The Labute approximate surface area is 97.0 Å². The van der Waals surface area contributed by atoms with Crippen molar-refractivity contribution in [3.63, 3.8) is 0 Å². The van der Waals surface area contributed by atoms with Crippen LogP contribution < -0.4 is 5.32 Å². The molecule has 1 saturated heterocycles. The van der Waals surface area contributed by atoms with Crippen molar-refractivity contribution in [1.82, 2.24) is 15.1 Å². The largest absolute Gasteiger partial charge is 0.355 e. The molecule has 0 bridgehead atoms. The molecule has 86 valence electrons. The fraction of sp³-hybridized carbons (Fsp3) is 0.300. The van der Waals surface area contributed by atoms with Crippen molar-refractivity contribution in [3.8, 4) is 6.07 Å². The van der Waals surface area contributed by atoms with Crippen molar-refractivity contribution in [3.05, 3.63) is 17.8 Å². The molecule has 7 nitrogen and oxygen atoms in total. The molecule has 1 aliphatic rings. The van der Waals surface area contributed by atoms with Crippen LogP contribution in [-0.4, -0.2) is 40.0 Å². The number of likely N-dealkylation sites (N-methyl/N-ethyl adjacent to an activating group) is 1. The molecule has 7 heteroatoms. The molecule has 2 amide bonds. The molecule has 2 rings (SSSR count). The summed E-state index contributed by atoms with van der Waals surface area (Å²) in [5, 5.41) is 19.0. The fourth-order valence-corrected chi connectivity index (χ4v) is 1.56. The minimum atomic E-state index is -0.670. The number of aromatic nitrogens is 2. The van der Waals surface area contributed by atoms with Gasteiger partial charge in [-0.2, -0.15) is 10.4 Å². The zero-order valence-corrected chi connectivity index (χ0v) is 9.04. The summed E-state index contributed by atoms with van der Waals surface area (Å²) >= 11 is 0. The predicted octanol–water partition coefficient (Wildman–Crippen LogP) is -0.483. The van der Waals surface area contributed by atoms with E-state index in [1.165, 1.54) is 19.3 Å². The van der Waals surface area contributed by atoms with E-state index >= 15 is 0 Å². The Morgan fingerprint density at radius 3 is 2.94 bits per heavy atom. The molecule has 1 aliphatic heterocycles. The van der Waals surface area contributed by atoms with Crippen LogP contribution in [0, 0.1) is 11.3 Å². The quantitative estimate of drug-likeness (QED) is 0.690. The summed E-state index contributed by atoms with van der Waals surface area (Å²) in [5.41, 5.74) is 0.287. The Balaban J connectivity index is 2.20. The first-order chi connectivity index (χ1) is 8.13. The Morgan fingerprint density at radius 1 is 1.59 bits per heavy atom. The van der Waals surface area contributed by atoms with Crippen molar-refractivity contribution in [2.24, 2.45) is 0 Å². The van der Waals surface area contributed by atoms with Gasteiger partial charge in [0.05, 0.1) is 18.2 Å². The summed E-state index contributed by atoms with van der Waals surface area (Å²) in [6, 6.07) is 2.75. The highest BCUT2D eigenvalue weighted by atomic mass is 16.2. The Morgan fingerprint density at radius 2 is 2.35 bits per heavy atom. The van der Waals surface area contributed by atoms with Crippen LogP contribution in [-0.2, 0) is 9.59 Å². The average Bonchev–Trinajstić information content (AvgIpc) is 2.58. The molecule has 17 heavy (non-hydrogen) atoms. The van der Waals surface area contributed by atoms with Crippen molar-refractivity contribution in [1.29, 1.82) is 5.26 Å². The van der Waals surface area contributed by atoms with E-state index in [0.29, 0.717) is 0 Å². The third-order valence-electron chi connectivity index (χ3n) is 2.53. The van der Waals surface area contributed by atoms with Crippen LogP contribution in [0.4, 0.5) is 5.82 Å². The van der Waals surface area contributed by atoms with Gasteiger partial charge < -0.3 is 5.32 Å². The van der Waals surface area contributed by atoms with Crippen molar-refractivity contribution < 1.29 is 9.59 Å². The van der Waals surface area contributed by atoms with Crippen molar-refractivity contribution >= 4 is 17.6 Å². The van der Waals surface area contributed by atoms with Gasteiger partial charge in [0.15, 0.2) is 5.82 Å². The predicted molar refractivity (Wildman–Crippen MR) is 56.6 cm³/mol. The number of carbonyl (C=O) groups is 2. The number of hydrogen-bond acceptors (Lipinski definition) is 6. The van der Waals surface area contributed by atoms with Gasteiger partial charge in [-0.1, -0.05) is 0 Å². The van der Waals surface area contributed by atoms with Gasteiger partial charge in [0, 0.05) is 7.05 Å². The molecular formula is C10H9N5O2. The van der Waals surface area contributed by atoms with Gasteiger partial charge in [0.2, 0.25) is 5.91 Å². The number of nitrogens with one attached hydrogen (secondary N) is 1. The molecule has 1 N–H and O–H groups in total. The smallest absolute Gasteiger partial charge is 0.251 e. The average molecular weight is 231 g/mol. The molecule has 1 unspecified atom stereocenters. The lowest BCUT2D eigenvalue weighted by atomic mass is 10.2. The van der Waals surface area contributed by atoms with Crippen molar-refractivity contribution in [2.45, 2.75) is 12.5 Å². The van der Waals surface area contributed by atoms with E-state index in [4.69, 9.17) is 5.26 Å². The zero-order chi connectivity index (χ0) is 12.4. The van der Waals surface area contributed by atoms with E-state index in [2.05, 4.69) is 15.5 Å². The van der Waals surface area contributed by atoms with Crippen molar-refractivity contribution in [2.75, 3.05) is 12.4 Å². The van der Waals surface area contributed by atoms with Gasteiger partial charge in [-0.25, -0.2) is 0 Å². The lowest BCUT2D eigenvalue weighted by molar-refractivity contribution is -0.136. The number of nitrogens with zero attached hydrogens (tertiary/aromatic N) is 4.